The van der Waals surface area contributed by atoms with Gasteiger partial charge in [-0.05, 0) is 55.2 Å². The Hall–Kier alpha value is -2.98. The quantitative estimate of drug-likeness (QED) is 0.611. The number of anilines is 1. The number of carbonyl (C=O) groups excluding carboxylic acids is 1. The van der Waals surface area contributed by atoms with Gasteiger partial charge in [0, 0.05) is 32.0 Å². The second-order valence-corrected chi connectivity index (χ2v) is 9.99. The molecule has 1 aliphatic rings. The topological polar surface area (TPSA) is 101 Å². The SMILES string of the molecule is CCN(C)S(=O)(=O)c1nn2ccc(N3CCCC3c3cc(F)ccc3C)cc2c1C(N)=O. The van der Waals surface area contributed by atoms with Gasteiger partial charge in [0.05, 0.1) is 11.6 Å². The molecular formula is C22H26FN5O3S. The molecule has 1 aromatic carbocycles. The highest BCUT2D eigenvalue weighted by atomic mass is 32.2. The van der Waals surface area contributed by atoms with Crippen LogP contribution in [0.15, 0.2) is 41.6 Å². The minimum Gasteiger partial charge on any atom is -0.365 e. The van der Waals surface area contributed by atoms with Crippen LogP contribution < -0.4 is 10.6 Å². The highest BCUT2D eigenvalue weighted by Crippen LogP contribution is 2.38. The first-order valence-electron chi connectivity index (χ1n) is 10.5. The number of nitrogens with zero attached hydrogens (tertiary/aromatic N) is 4. The molecule has 2 N–H and O–H groups in total. The van der Waals surface area contributed by atoms with Gasteiger partial charge in [0.15, 0.2) is 0 Å². The molecule has 1 amide bonds. The molecule has 0 radical (unpaired) electrons. The fourth-order valence-corrected chi connectivity index (χ4v) is 5.58. The van der Waals surface area contributed by atoms with Crippen molar-refractivity contribution < 1.29 is 17.6 Å². The maximum atomic E-state index is 13.9. The number of pyridine rings is 1. The largest absolute Gasteiger partial charge is 0.365 e. The molecule has 0 aliphatic carbocycles. The van der Waals surface area contributed by atoms with Crippen molar-refractivity contribution in [2.45, 2.75) is 37.8 Å². The van der Waals surface area contributed by atoms with E-state index in [4.69, 9.17) is 5.73 Å². The van der Waals surface area contributed by atoms with E-state index in [1.165, 1.54) is 17.6 Å². The van der Waals surface area contributed by atoms with Crippen molar-refractivity contribution in [2.75, 3.05) is 25.0 Å². The number of aromatic nitrogens is 2. The Morgan fingerprint density at radius 3 is 2.75 bits per heavy atom. The molecule has 1 atom stereocenters. The predicted octanol–water partition coefficient (Wildman–Crippen LogP) is 2.86. The van der Waals surface area contributed by atoms with Crippen LogP contribution in [-0.2, 0) is 10.0 Å². The number of amides is 1. The van der Waals surface area contributed by atoms with Crippen LogP contribution in [0.5, 0.6) is 0 Å². The molecule has 0 spiro atoms. The molecule has 10 heteroatoms. The fourth-order valence-electron chi connectivity index (χ4n) is 4.29. The third-order valence-corrected chi connectivity index (χ3v) is 7.97. The van der Waals surface area contributed by atoms with Crippen LogP contribution >= 0.6 is 0 Å². The average molecular weight is 460 g/mol. The van der Waals surface area contributed by atoms with Crippen molar-refractivity contribution >= 4 is 27.1 Å². The van der Waals surface area contributed by atoms with Gasteiger partial charge >= 0.3 is 0 Å². The van der Waals surface area contributed by atoms with E-state index in [0.717, 1.165) is 40.5 Å². The first-order valence-corrected chi connectivity index (χ1v) is 11.9. The van der Waals surface area contributed by atoms with Gasteiger partial charge in [-0.3, -0.25) is 4.79 Å². The molecule has 0 saturated carbocycles. The first-order chi connectivity index (χ1) is 15.1. The lowest BCUT2D eigenvalue weighted by atomic mass is 9.99. The highest BCUT2D eigenvalue weighted by Gasteiger charge is 2.32. The van der Waals surface area contributed by atoms with Gasteiger partial charge in [0.25, 0.3) is 15.9 Å². The Kier molecular flexibility index (Phi) is 5.68. The summed E-state index contributed by atoms with van der Waals surface area (Å²) in [6.07, 6.45) is 3.41. The number of benzene rings is 1. The zero-order valence-electron chi connectivity index (χ0n) is 18.2. The second kappa shape index (κ2) is 8.18. The second-order valence-electron chi connectivity index (χ2n) is 8.03. The molecule has 3 heterocycles. The van der Waals surface area contributed by atoms with Gasteiger partial charge < -0.3 is 10.6 Å². The van der Waals surface area contributed by atoms with E-state index in [-0.39, 0.29) is 29.0 Å². The van der Waals surface area contributed by atoms with E-state index in [0.29, 0.717) is 5.52 Å². The lowest BCUT2D eigenvalue weighted by Gasteiger charge is -2.28. The van der Waals surface area contributed by atoms with Crippen LogP contribution in [0.1, 0.15) is 47.3 Å². The molecule has 2 aromatic heterocycles. The van der Waals surface area contributed by atoms with Crippen molar-refractivity contribution in [3.05, 3.63) is 59.0 Å². The third kappa shape index (κ3) is 3.63. The normalized spacial score (nSPS) is 16.9. The minimum atomic E-state index is -3.98. The molecule has 32 heavy (non-hydrogen) atoms. The summed E-state index contributed by atoms with van der Waals surface area (Å²) in [6.45, 7) is 4.62. The number of nitrogens with two attached hydrogens (primary N) is 1. The van der Waals surface area contributed by atoms with Crippen LogP contribution in [0.2, 0.25) is 0 Å². The van der Waals surface area contributed by atoms with Gasteiger partial charge in [0.1, 0.15) is 11.4 Å². The summed E-state index contributed by atoms with van der Waals surface area (Å²) in [5.74, 6) is -1.14. The molecule has 0 bridgehead atoms. The monoisotopic (exact) mass is 459 g/mol. The lowest BCUT2D eigenvalue weighted by Crippen LogP contribution is -2.29. The fraction of sp³-hybridized carbons (Fsp3) is 0.364. The summed E-state index contributed by atoms with van der Waals surface area (Å²) in [4.78, 5) is 14.4. The number of hydrogen-bond donors (Lipinski definition) is 1. The molecule has 4 rings (SSSR count). The molecule has 1 fully saturated rings. The molecule has 170 valence electrons. The summed E-state index contributed by atoms with van der Waals surface area (Å²) in [7, 11) is -2.55. The highest BCUT2D eigenvalue weighted by molar-refractivity contribution is 7.89. The molecule has 8 nitrogen and oxygen atoms in total. The van der Waals surface area contributed by atoms with Crippen molar-refractivity contribution in [3.8, 4) is 0 Å². The number of sulfonamides is 1. The lowest BCUT2D eigenvalue weighted by molar-refractivity contribution is 0.0998. The summed E-state index contributed by atoms with van der Waals surface area (Å²) in [5, 5.41) is 3.81. The Labute approximate surface area is 186 Å². The average Bonchev–Trinajstić information content (AvgIpc) is 3.39. The zero-order chi connectivity index (χ0) is 23.2. The number of halogens is 1. The van der Waals surface area contributed by atoms with E-state index in [9.17, 15) is 17.6 Å². The summed E-state index contributed by atoms with van der Waals surface area (Å²) < 4.78 is 42.2. The molecule has 1 saturated heterocycles. The van der Waals surface area contributed by atoms with E-state index >= 15 is 0 Å². The number of rotatable bonds is 6. The summed E-state index contributed by atoms with van der Waals surface area (Å²) in [6, 6.07) is 8.31. The number of hydrogen-bond acceptors (Lipinski definition) is 5. The van der Waals surface area contributed by atoms with Crippen LogP contribution in [0.25, 0.3) is 5.52 Å². The van der Waals surface area contributed by atoms with Gasteiger partial charge in [-0.1, -0.05) is 13.0 Å². The Bertz CT molecular complexity index is 1300. The van der Waals surface area contributed by atoms with Crippen LogP contribution in [-0.4, -0.2) is 48.4 Å². The Morgan fingerprint density at radius 1 is 1.31 bits per heavy atom. The van der Waals surface area contributed by atoms with E-state index in [1.807, 2.05) is 13.0 Å². The van der Waals surface area contributed by atoms with E-state index in [1.54, 1.807) is 31.3 Å². The van der Waals surface area contributed by atoms with Gasteiger partial charge in [-0.2, -0.15) is 9.40 Å². The minimum absolute atomic E-state index is 0.0254. The zero-order valence-corrected chi connectivity index (χ0v) is 19.1. The van der Waals surface area contributed by atoms with Crippen molar-refractivity contribution in [1.29, 1.82) is 0 Å². The van der Waals surface area contributed by atoms with Crippen LogP contribution in [0.4, 0.5) is 10.1 Å². The summed E-state index contributed by atoms with van der Waals surface area (Å²) >= 11 is 0. The first kappa shape index (κ1) is 22.2. The predicted molar refractivity (Wildman–Crippen MR) is 120 cm³/mol. The number of primary amides is 1. The maximum Gasteiger partial charge on any atom is 0.262 e. The van der Waals surface area contributed by atoms with Crippen LogP contribution in [0, 0.1) is 12.7 Å². The number of aryl methyl sites for hydroxylation is 1. The maximum absolute atomic E-state index is 13.9. The van der Waals surface area contributed by atoms with Gasteiger partial charge in [-0.15, -0.1) is 0 Å². The van der Waals surface area contributed by atoms with Crippen molar-refractivity contribution in [1.82, 2.24) is 13.9 Å². The Balaban J connectivity index is 1.84. The standard InChI is InChI=1S/C22H26FN5O3S/c1-4-26(3)32(30,31)22-20(21(24)29)19-13-16(9-11-28(19)25-22)27-10-5-6-18(27)17-12-15(23)8-7-14(17)2/h7-9,11-13,18H,4-6,10H2,1-3H3,(H2,24,29). The smallest absolute Gasteiger partial charge is 0.262 e. The van der Waals surface area contributed by atoms with E-state index in [2.05, 4.69) is 10.00 Å². The van der Waals surface area contributed by atoms with E-state index < -0.39 is 15.9 Å². The Morgan fingerprint density at radius 2 is 2.06 bits per heavy atom. The van der Waals surface area contributed by atoms with Crippen LogP contribution in [0.3, 0.4) is 0 Å². The molecule has 1 unspecified atom stereocenters. The molecule has 1 aliphatic heterocycles. The van der Waals surface area contributed by atoms with Crippen molar-refractivity contribution in [3.63, 3.8) is 0 Å². The van der Waals surface area contributed by atoms with Crippen molar-refractivity contribution in [2.24, 2.45) is 5.73 Å². The molecular weight excluding hydrogens is 433 g/mol. The van der Waals surface area contributed by atoms with Gasteiger partial charge in [-0.25, -0.2) is 17.3 Å². The molecule has 3 aromatic rings. The summed E-state index contributed by atoms with van der Waals surface area (Å²) in [5.41, 5.74) is 8.48. The van der Waals surface area contributed by atoms with Gasteiger partial charge in [0.2, 0.25) is 5.03 Å². The number of fused-ring (bicyclic) bond motifs is 1. The third-order valence-electron chi connectivity index (χ3n) is 6.12. The number of carbonyl (C=O) groups is 1.